The Labute approximate surface area is 96.9 Å². The molecular weight excluding hydrogens is 263 g/mol. The lowest BCUT2D eigenvalue weighted by Crippen LogP contribution is -2.32. The standard InChI is InChI=1S/C8H14F3NO2S2/c9-8(10,11)15-3-1-7(5-12)2-4-16(13,14)6-7/h1-6,12H2. The van der Waals surface area contributed by atoms with Crippen molar-refractivity contribution >= 4 is 21.6 Å². The van der Waals surface area contributed by atoms with Crippen molar-refractivity contribution in [2.45, 2.75) is 18.3 Å². The normalized spacial score (nSPS) is 29.5. The van der Waals surface area contributed by atoms with Gasteiger partial charge < -0.3 is 5.73 Å². The Morgan fingerprint density at radius 3 is 2.38 bits per heavy atom. The van der Waals surface area contributed by atoms with Gasteiger partial charge in [0.1, 0.15) is 0 Å². The summed E-state index contributed by atoms with van der Waals surface area (Å²) in [5.41, 5.74) is 0.586. The van der Waals surface area contributed by atoms with Crippen molar-refractivity contribution in [3.63, 3.8) is 0 Å². The highest BCUT2D eigenvalue weighted by atomic mass is 32.2. The van der Waals surface area contributed by atoms with Crippen LogP contribution in [0.4, 0.5) is 13.2 Å². The molecule has 1 atom stereocenters. The first-order valence-electron chi connectivity index (χ1n) is 4.79. The van der Waals surface area contributed by atoms with E-state index in [0.717, 1.165) is 0 Å². The predicted molar refractivity (Wildman–Crippen MR) is 57.9 cm³/mol. The fourth-order valence-corrected chi connectivity index (χ4v) is 4.82. The molecule has 1 saturated heterocycles. The van der Waals surface area contributed by atoms with Crippen LogP contribution in [0, 0.1) is 5.41 Å². The summed E-state index contributed by atoms with van der Waals surface area (Å²) in [5.74, 6) is -0.161. The monoisotopic (exact) mass is 277 g/mol. The molecule has 0 aromatic carbocycles. The van der Waals surface area contributed by atoms with E-state index in [9.17, 15) is 21.6 Å². The van der Waals surface area contributed by atoms with Crippen molar-refractivity contribution in [2.24, 2.45) is 11.1 Å². The molecular formula is C8H14F3NO2S2. The topological polar surface area (TPSA) is 60.2 Å². The SMILES string of the molecule is NCC1(CCSC(F)(F)F)CCS(=O)(=O)C1. The molecule has 0 spiro atoms. The Morgan fingerprint density at radius 2 is 2.00 bits per heavy atom. The predicted octanol–water partition coefficient (Wildman–Crippen LogP) is 1.39. The molecule has 1 aliphatic rings. The van der Waals surface area contributed by atoms with Crippen LogP contribution >= 0.6 is 11.8 Å². The van der Waals surface area contributed by atoms with E-state index in [1.54, 1.807) is 0 Å². The second kappa shape index (κ2) is 4.73. The average Bonchev–Trinajstić information content (AvgIpc) is 2.41. The highest BCUT2D eigenvalue weighted by Gasteiger charge is 2.41. The highest BCUT2D eigenvalue weighted by molar-refractivity contribution is 8.00. The number of halogens is 3. The van der Waals surface area contributed by atoms with E-state index in [-0.39, 0.29) is 42.0 Å². The van der Waals surface area contributed by atoms with Gasteiger partial charge in [-0.15, -0.1) is 0 Å². The minimum Gasteiger partial charge on any atom is -0.330 e. The molecule has 1 rings (SSSR count). The smallest absolute Gasteiger partial charge is 0.330 e. The summed E-state index contributed by atoms with van der Waals surface area (Å²) in [6.45, 7) is 0.130. The largest absolute Gasteiger partial charge is 0.441 e. The molecule has 1 aliphatic heterocycles. The van der Waals surface area contributed by atoms with Gasteiger partial charge in [0, 0.05) is 5.75 Å². The second-order valence-electron chi connectivity index (χ2n) is 4.09. The molecule has 0 amide bonds. The molecule has 3 nitrogen and oxygen atoms in total. The van der Waals surface area contributed by atoms with Crippen LogP contribution in [0.3, 0.4) is 0 Å². The molecule has 96 valence electrons. The van der Waals surface area contributed by atoms with Crippen LogP contribution in [0.1, 0.15) is 12.8 Å². The Balaban J connectivity index is 2.51. The summed E-state index contributed by atoms with van der Waals surface area (Å²) < 4.78 is 58.3. The van der Waals surface area contributed by atoms with Crippen molar-refractivity contribution in [3.8, 4) is 0 Å². The van der Waals surface area contributed by atoms with E-state index < -0.39 is 20.8 Å². The van der Waals surface area contributed by atoms with Gasteiger partial charge in [0.15, 0.2) is 9.84 Å². The Bertz CT molecular complexity index is 342. The number of hydrogen-bond donors (Lipinski definition) is 1. The molecule has 1 fully saturated rings. The third kappa shape index (κ3) is 4.14. The number of nitrogens with two attached hydrogens (primary N) is 1. The van der Waals surface area contributed by atoms with Gasteiger partial charge in [0.2, 0.25) is 0 Å². The van der Waals surface area contributed by atoms with Gasteiger partial charge in [-0.05, 0) is 24.8 Å². The van der Waals surface area contributed by atoms with E-state index in [2.05, 4.69) is 0 Å². The van der Waals surface area contributed by atoms with Crippen LogP contribution in [0.15, 0.2) is 0 Å². The zero-order valence-corrected chi connectivity index (χ0v) is 10.2. The fourth-order valence-electron chi connectivity index (χ4n) is 1.83. The van der Waals surface area contributed by atoms with Crippen molar-refractivity contribution in [1.29, 1.82) is 0 Å². The summed E-state index contributed by atoms with van der Waals surface area (Å²) in [5, 5.41) is 0. The molecule has 0 aromatic rings. The van der Waals surface area contributed by atoms with E-state index in [0.29, 0.717) is 6.42 Å². The Morgan fingerprint density at radius 1 is 1.38 bits per heavy atom. The number of alkyl halides is 3. The number of hydrogen-bond acceptors (Lipinski definition) is 4. The lowest BCUT2D eigenvalue weighted by atomic mass is 9.85. The first-order valence-corrected chi connectivity index (χ1v) is 7.60. The maximum absolute atomic E-state index is 11.9. The summed E-state index contributed by atoms with van der Waals surface area (Å²) >= 11 is -0.116. The number of sulfone groups is 1. The van der Waals surface area contributed by atoms with Crippen LogP contribution in [0.5, 0.6) is 0 Å². The lowest BCUT2D eigenvalue weighted by molar-refractivity contribution is -0.0329. The van der Waals surface area contributed by atoms with Crippen LogP contribution in [0.25, 0.3) is 0 Å². The van der Waals surface area contributed by atoms with Gasteiger partial charge in [-0.3, -0.25) is 0 Å². The van der Waals surface area contributed by atoms with Gasteiger partial charge >= 0.3 is 5.51 Å². The maximum Gasteiger partial charge on any atom is 0.441 e. The van der Waals surface area contributed by atoms with Crippen molar-refractivity contribution in [1.82, 2.24) is 0 Å². The van der Waals surface area contributed by atoms with Gasteiger partial charge in [-0.2, -0.15) is 13.2 Å². The molecule has 0 aromatic heterocycles. The van der Waals surface area contributed by atoms with Crippen LogP contribution in [-0.4, -0.2) is 37.7 Å². The van der Waals surface area contributed by atoms with Gasteiger partial charge in [-0.1, -0.05) is 11.8 Å². The van der Waals surface area contributed by atoms with Crippen molar-refractivity contribution < 1.29 is 21.6 Å². The summed E-state index contributed by atoms with van der Waals surface area (Å²) in [4.78, 5) is 0. The minimum atomic E-state index is -4.26. The third-order valence-corrected chi connectivity index (χ3v) is 5.41. The third-order valence-electron chi connectivity index (χ3n) is 2.80. The molecule has 1 heterocycles. The van der Waals surface area contributed by atoms with E-state index in [4.69, 9.17) is 5.73 Å². The average molecular weight is 277 g/mol. The zero-order valence-electron chi connectivity index (χ0n) is 8.59. The maximum atomic E-state index is 11.9. The summed E-state index contributed by atoms with van der Waals surface area (Å²) in [7, 11) is -3.10. The van der Waals surface area contributed by atoms with Crippen LogP contribution in [0.2, 0.25) is 0 Å². The van der Waals surface area contributed by atoms with Crippen molar-refractivity contribution in [2.75, 3.05) is 23.8 Å². The summed E-state index contributed by atoms with van der Waals surface area (Å²) in [6.07, 6.45) is 0.581. The first kappa shape index (κ1) is 14.1. The Hall–Kier alpha value is 0.0500. The second-order valence-corrected chi connectivity index (χ2v) is 7.43. The number of thioether (sulfide) groups is 1. The van der Waals surface area contributed by atoms with Crippen LogP contribution in [-0.2, 0) is 9.84 Å². The lowest BCUT2D eigenvalue weighted by Gasteiger charge is -2.25. The molecule has 16 heavy (non-hydrogen) atoms. The van der Waals surface area contributed by atoms with E-state index in [1.807, 2.05) is 0 Å². The fraction of sp³-hybridized carbons (Fsp3) is 1.00. The molecule has 1 unspecified atom stereocenters. The number of rotatable bonds is 4. The van der Waals surface area contributed by atoms with Crippen molar-refractivity contribution in [3.05, 3.63) is 0 Å². The van der Waals surface area contributed by atoms with Gasteiger partial charge in [0.05, 0.1) is 11.5 Å². The molecule has 0 bridgehead atoms. The van der Waals surface area contributed by atoms with Gasteiger partial charge in [0.25, 0.3) is 0 Å². The molecule has 0 aliphatic carbocycles. The molecule has 0 radical (unpaired) electrons. The molecule has 8 heteroatoms. The molecule has 2 N–H and O–H groups in total. The van der Waals surface area contributed by atoms with E-state index in [1.165, 1.54) is 0 Å². The molecule has 0 saturated carbocycles. The Kier molecular flexibility index (Phi) is 4.18. The summed E-state index contributed by atoms with van der Waals surface area (Å²) in [6, 6.07) is 0. The van der Waals surface area contributed by atoms with Gasteiger partial charge in [-0.25, -0.2) is 8.42 Å². The highest BCUT2D eigenvalue weighted by Crippen LogP contribution is 2.38. The van der Waals surface area contributed by atoms with Crippen LogP contribution < -0.4 is 5.73 Å². The zero-order chi connectivity index (χ0) is 12.4. The van der Waals surface area contributed by atoms with E-state index >= 15 is 0 Å². The quantitative estimate of drug-likeness (QED) is 0.843. The minimum absolute atomic E-state index is 0.0425. The first-order chi connectivity index (χ1) is 7.18.